The highest BCUT2D eigenvalue weighted by molar-refractivity contribution is 7.30. The number of ether oxygens (including phenoxy) is 2. The number of H-pyrrole nitrogens is 1. The molecule has 1 saturated heterocycles. The molecule has 0 bridgehead atoms. The predicted molar refractivity (Wildman–Crippen MR) is 222 cm³/mol. The molecule has 0 saturated carbocycles. The number of aliphatic hydroxyl groups is 1. The Morgan fingerprint density at radius 1 is 0.966 bits per heavy atom. The molecule has 5 aromatic rings. The summed E-state index contributed by atoms with van der Waals surface area (Å²) < 4.78 is 45.5. The number of hydrogen-bond donors (Lipinski definition) is 3. The summed E-state index contributed by atoms with van der Waals surface area (Å²) in [6.07, 6.45) is -3.07. The van der Waals surface area contributed by atoms with Gasteiger partial charge in [-0.1, -0.05) is 120 Å². The normalized spacial score (nSPS) is 20.6. The van der Waals surface area contributed by atoms with E-state index in [1.807, 2.05) is 101 Å². The molecule has 3 heterocycles. The Balaban J connectivity index is 1.43. The molecule has 0 radical (unpaired) electrons. The number of para-hydroxylation sites is 1. The molecule has 58 heavy (non-hydrogen) atoms. The van der Waals surface area contributed by atoms with E-state index in [-0.39, 0.29) is 30.3 Å². The third kappa shape index (κ3) is 8.64. The summed E-state index contributed by atoms with van der Waals surface area (Å²) in [5, 5.41) is 16.3. The fourth-order valence-corrected chi connectivity index (χ4v) is 13.3. The molecular weight excluding hydrogens is 798 g/mol. The van der Waals surface area contributed by atoms with Gasteiger partial charge in [-0.2, -0.15) is 4.98 Å². The van der Waals surface area contributed by atoms with Crippen molar-refractivity contribution >= 4 is 58.3 Å². The molecule has 2 aromatic heterocycles. The Morgan fingerprint density at radius 3 is 2.07 bits per heavy atom. The van der Waals surface area contributed by atoms with E-state index in [0.29, 0.717) is 5.75 Å². The molecule has 1 fully saturated rings. The van der Waals surface area contributed by atoms with Crippen LogP contribution in [0.1, 0.15) is 47.8 Å². The zero-order chi connectivity index (χ0) is 42.1. The maximum Gasteiger partial charge on any atom is 0.491 e. The highest BCUT2D eigenvalue weighted by Crippen LogP contribution is 2.49. The molecule has 308 valence electrons. The second-order valence-electron chi connectivity index (χ2n) is 16.8. The van der Waals surface area contributed by atoms with Crippen LogP contribution >= 0.6 is 8.25 Å². The maximum atomic E-state index is 13.3. The van der Waals surface area contributed by atoms with Gasteiger partial charge in [0, 0.05) is 0 Å². The molecule has 1 unspecified atom stereocenters. The van der Waals surface area contributed by atoms with Crippen molar-refractivity contribution in [3.63, 3.8) is 0 Å². The van der Waals surface area contributed by atoms with Crippen LogP contribution in [-0.4, -0.2) is 78.4 Å². The first-order valence-corrected chi connectivity index (χ1v) is 24.8. The number of aromatic amines is 1. The molecule has 18 heteroatoms. The van der Waals surface area contributed by atoms with Crippen molar-refractivity contribution in [2.45, 2.75) is 88.9 Å². The number of amides is 1. The lowest BCUT2D eigenvalue weighted by molar-refractivity contribution is -0.264. The molecule has 5 atom stereocenters. The monoisotopic (exact) mass is 847 g/mol. The number of benzene rings is 3. The molecule has 0 aliphatic carbocycles. The number of aromatic nitrogens is 4. The molecule has 1 aliphatic rings. The number of nitrogens with one attached hydrogen (secondary N) is 2. The molecule has 1 aliphatic heterocycles. The summed E-state index contributed by atoms with van der Waals surface area (Å²) in [6, 6.07) is 28.6. The number of imidazole rings is 1. The van der Waals surface area contributed by atoms with Gasteiger partial charge < -0.3 is 28.3 Å². The number of anilines is 1. The van der Waals surface area contributed by atoms with Gasteiger partial charge in [0.2, 0.25) is 5.95 Å². The lowest BCUT2D eigenvalue weighted by Gasteiger charge is -2.44. The van der Waals surface area contributed by atoms with Crippen LogP contribution in [0.5, 0.6) is 5.75 Å². The minimum atomic E-state index is -3.71. The molecule has 1 amide bonds. The number of hydrogen-bond acceptors (Lipinski definition) is 12. The first-order valence-electron chi connectivity index (χ1n) is 18.9. The van der Waals surface area contributed by atoms with Crippen LogP contribution in [0.4, 0.5) is 5.95 Å². The van der Waals surface area contributed by atoms with Gasteiger partial charge >= 0.3 is 8.25 Å². The van der Waals surface area contributed by atoms with Gasteiger partial charge in [0.15, 0.2) is 32.3 Å². The van der Waals surface area contributed by atoms with E-state index in [0.717, 1.165) is 10.4 Å². The topological polar surface area (TPSA) is 199 Å². The van der Waals surface area contributed by atoms with Crippen LogP contribution in [0, 0.1) is 0 Å². The third-order valence-electron chi connectivity index (χ3n) is 10.8. The fraction of sp³-hybridized carbons (Fsp3) is 0.400. The standard InChI is InChI=1S/C40H50N5O10PSi2/c1-38(2,3)57(7,8)54-33-30(24-52-58(39(4,5)6,28-20-14-10-15-21-28)29-22-16-11-17-23-29)53-36(40(33,48)55-56(49)50)45-26-41-32-34(45)43-37(44-35(32)47)42-31(46)25-51-27-18-12-9-13-19-27/h9-23,26,30,33,36,48H,24-25H2,1-8H3,(H2,42,43,44,46,47)/t30-,33-,36-,40+/m1/s1. The lowest BCUT2D eigenvalue weighted by atomic mass is 10.1. The fourth-order valence-electron chi connectivity index (χ4n) is 6.96. The van der Waals surface area contributed by atoms with Gasteiger partial charge in [-0.05, 0) is 50.2 Å². The molecule has 3 N–H and O–H groups in total. The zero-order valence-corrected chi connectivity index (χ0v) is 36.7. The summed E-state index contributed by atoms with van der Waals surface area (Å²) in [4.78, 5) is 49.9. The Bertz CT molecular complexity index is 2240. The number of carbonyl (C=O) groups is 1. The van der Waals surface area contributed by atoms with Crippen molar-refractivity contribution in [2.24, 2.45) is 0 Å². The van der Waals surface area contributed by atoms with Crippen LogP contribution in [0.2, 0.25) is 23.2 Å². The summed E-state index contributed by atoms with van der Waals surface area (Å²) in [5.74, 6) is -3.13. The van der Waals surface area contributed by atoms with E-state index in [9.17, 15) is 24.2 Å². The van der Waals surface area contributed by atoms with Crippen LogP contribution < -0.4 is 30.9 Å². The quantitative estimate of drug-likeness (QED) is 0.0791. The number of nitrogens with zero attached hydrogens (tertiary/aromatic N) is 3. The summed E-state index contributed by atoms with van der Waals surface area (Å²) in [6.45, 7) is 15.8. The van der Waals surface area contributed by atoms with Gasteiger partial charge in [-0.3, -0.25) is 24.5 Å². The molecular formula is C40H50N5O10PSi2. The summed E-state index contributed by atoms with van der Waals surface area (Å²) >= 11 is 0. The Morgan fingerprint density at radius 2 is 1.53 bits per heavy atom. The molecule has 6 rings (SSSR count). The Kier molecular flexibility index (Phi) is 12.4. The second-order valence-corrected chi connectivity index (χ2v) is 26.4. The predicted octanol–water partition coefficient (Wildman–Crippen LogP) is 4.72. The van der Waals surface area contributed by atoms with Crippen molar-refractivity contribution in [2.75, 3.05) is 18.5 Å². The van der Waals surface area contributed by atoms with E-state index in [1.165, 1.54) is 10.9 Å². The number of carbonyl (C=O) groups excluding carboxylic acids is 1. The van der Waals surface area contributed by atoms with Gasteiger partial charge in [0.1, 0.15) is 18.0 Å². The largest absolute Gasteiger partial charge is 0.566 e. The summed E-state index contributed by atoms with van der Waals surface area (Å²) in [5.41, 5.74) is -1.04. The smallest absolute Gasteiger partial charge is 0.491 e. The van der Waals surface area contributed by atoms with Crippen molar-refractivity contribution in [3.05, 3.63) is 108 Å². The van der Waals surface area contributed by atoms with E-state index < -0.39 is 70.7 Å². The Hall–Kier alpha value is -4.43. The van der Waals surface area contributed by atoms with E-state index >= 15 is 0 Å². The number of fused-ring (bicyclic) bond motifs is 1. The first-order chi connectivity index (χ1) is 27.3. The van der Waals surface area contributed by atoms with Crippen LogP contribution in [0.3, 0.4) is 0 Å². The third-order valence-corrected chi connectivity index (χ3v) is 20.7. The van der Waals surface area contributed by atoms with Crippen LogP contribution in [0.15, 0.2) is 102 Å². The minimum Gasteiger partial charge on any atom is -0.566 e. The highest BCUT2D eigenvalue weighted by Gasteiger charge is 2.65. The van der Waals surface area contributed by atoms with Gasteiger partial charge in [0.25, 0.3) is 25.6 Å². The van der Waals surface area contributed by atoms with Crippen LogP contribution in [0.25, 0.3) is 11.2 Å². The lowest BCUT2D eigenvalue weighted by Crippen LogP contribution is -2.67. The number of rotatable bonds is 14. The molecule has 3 aromatic carbocycles. The first kappa shape index (κ1) is 43.2. The minimum absolute atomic E-state index is 0.143. The second kappa shape index (κ2) is 16.7. The van der Waals surface area contributed by atoms with Gasteiger partial charge in [-0.25, -0.2) is 4.98 Å². The van der Waals surface area contributed by atoms with Crippen molar-refractivity contribution < 1.29 is 42.2 Å². The van der Waals surface area contributed by atoms with E-state index in [2.05, 4.69) is 41.0 Å². The SMILES string of the molecule is CC(C)(C)[Si](C)(C)O[C@@H]1[C@@H](CO[Si](c2ccccc2)(c2ccccc2)C(C)(C)C)O[C@@H](n2cnc3c(=O)[nH]c(NC(=O)COc4ccccc4)nc32)[C@@]1(O)O[P+](=O)[O-]. The average molecular weight is 848 g/mol. The van der Waals surface area contributed by atoms with Crippen molar-refractivity contribution in [3.8, 4) is 5.75 Å². The van der Waals surface area contributed by atoms with Crippen LogP contribution in [-0.2, 0) is 27.5 Å². The van der Waals surface area contributed by atoms with Gasteiger partial charge in [-0.15, -0.1) is 4.52 Å². The van der Waals surface area contributed by atoms with Crippen molar-refractivity contribution in [1.82, 2.24) is 19.5 Å². The van der Waals surface area contributed by atoms with Crippen molar-refractivity contribution in [1.29, 1.82) is 0 Å². The summed E-state index contributed by atoms with van der Waals surface area (Å²) in [7, 11) is -9.76. The molecule has 0 spiro atoms. The average Bonchev–Trinajstić information content (AvgIpc) is 3.69. The Labute approximate surface area is 339 Å². The molecule has 15 nitrogen and oxygen atoms in total. The highest BCUT2D eigenvalue weighted by atomic mass is 31.1. The zero-order valence-electron chi connectivity index (χ0n) is 33.8. The van der Waals surface area contributed by atoms with E-state index in [1.54, 1.807) is 24.3 Å². The maximum absolute atomic E-state index is 13.3. The van der Waals surface area contributed by atoms with Gasteiger partial charge in [0.05, 0.1) is 12.9 Å². The van der Waals surface area contributed by atoms with E-state index in [4.69, 9.17) is 22.8 Å².